The van der Waals surface area contributed by atoms with E-state index in [1.165, 1.54) is 11.1 Å². The number of fused-ring (bicyclic) bond motifs is 2. The lowest BCUT2D eigenvalue weighted by atomic mass is 10.0. The highest BCUT2D eigenvalue weighted by atomic mass is 16.5. The quantitative estimate of drug-likeness (QED) is 0.819. The van der Waals surface area contributed by atoms with Gasteiger partial charge in [-0.05, 0) is 55.1 Å². The van der Waals surface area contributed by atoms with Gasteiger partial charge in [0.2, 0.25) is 5.91 Å². The Balaban J connectivity index is 1.32. The summed E-state index contributed by atoms with van der Waals surface area (Å²) in [6, 6.07) is 14.8. The smallest absolute Gasteiger partial charge is 0.241 e. The molecule has 0 radical (unpaired) electrons. The number of nitrogens with zero attached hydrogens (tertiary/aromatic N) is 2. The van der Waals surface area contributed by atoms with Crippen LogP contribution in [0.1, 0.15) is 36.4 Å². The van der Waals surface area contributed by atoms with E-state index in [0.29, 0.717) is 19.8 Å². The van der Waals surface area contributed by atoms with Gasteiger partial charge in [-0.3, -0.25) is 9.69 Å². The third-order valence-corrected chi connectivity index (χ3v) is 6.05. The van der Waals surface area contributed by atoms with Crippen molar-refractivity contribution in [1.82, 2.24) is 4.90 Å². The fraction of sp³-hybridized carbons (Fsp3) is 0.435. The standard InChI is InChI=1S/C23H26N2O3/c26-23(25-12-10-17-5-1-2-6-20(17)25)16-24-11-3-7-19(24)18-8-9-21-22(15-18)28-14-4-13-27-21/h1-2,5-6,8-9,15,19H,3-4,7,10-14,16H2/t19-/m1/s1. The first kappa shape index (κ1) is 17.6. The minimum absolute atomic E-state index is 0.200. The molecule has 0 aliphatic carbocycles. The second kappa shape index (κ2) is 7.47. The predicted molar refractivity (Wildman–Crippen MR) is 108 cm³/mol. The molecule has 0 unspecified atom stereocenters. The van der Waals surface area contributed by atoms with Crippen molar-refractivity contribution in [3.05, 3.63) is 53.6 Å². The number of ether oxygens (including phenoxy) is 2. The number of benzene rings is 2. The van der Waals surface area contributed by atoms with Crippen molar-refractivity contribution in [1.29, 1.82) is 0 Å². The first-order chi connectivity index (χ1) is 13.8. The molecule has 2 aromatic carbocycles. The predicted octanol–water partition coefficient (Wildman–Crippen LogP) is 3.57. The number of para-hydroxylation sites is 1. The van der Waals surface area contributed by atoms with Gasteiger partial charge in [0.25, 0.3) is 0 Å². The van der Waals surface area contributed by atoms with E-state index in [4.69, 9.17) is 9.47 Å². The van der Waals surface area contributed by atoms with Crippen LogP contribution in [0.5, 0.6) is 11.5 Å². The molecule has 0 spiro atoms. The van der Waals surface area contributed by atoms with Crippen LogP contribution in [0.3, 0.4) is 0 Å². The van der Waals surface area contributed by atoms with E-state index in [-0.39, 0.29) is 11.9 Å². The second-order valence-corrected chi connectivity index (χ2v) is 7.81. The van der Waals surface area contributed by atoms with Crippen molar-refractivity contribution in [2.45, 2.75) is 31.7 Å². The van der Waals surface area contributed by atoms with Crippen molar-refractivity contribution >= 4 is 11.6 Å². The van der Waals surface area contributed by atoms with Gasteiger partial charge in [0, 0.05) is 24.7 Å². The molecule has 3 heterocycles. The zero-order valence-corrected chi connectivity index (χ0v) is 16.1. The van der Waals surface area contributed by atoms with E-state index < -0.39 is 0 Å². The first-order valence-corrected chi connectivity index (χ1v) is 10.3. The minimum atomic E-state index is 0.200. The van der Waals surface area contributed by atoms with E-state index in [2.05, 4.69) is 29.2 Å². The molecule has 1 atom stereocenters. The van der Waals surface area contributed by atoms with Crippen molar-refractivity contribution in [2.24, 2.45) is 0 Å². The van der Waals surface area contributed by atoms with Crippen LogP contribution in [-0.2, 0) is 11.2 Å². The summed E-state index contributed by atoms with van der Waals surface area (Å²) in [5.41, 5.74) is 3.58. The number of anilines is 1. The number of likely N-dealkylation sites (tertiary alicyclic amines) is 1. The van der Waals surface area contributed by atoms with Crippen molar-refractivity contribution < 1.29 is 14.3 Å². The molecule has 0 saturated carbocycles. The van der Waals surface area contributed by atoms with E-state index in [1.807, 2.05) is 23.1 Å². The van der Waals surface area contributed by atoms with Crippen LogP contribution in [0, 0.1) is 0 Å². The van der Waals surface area contributed by atoms with Crippen LogP contribution < -0.4 is 14.4 Å². The molecule has 1 amide bonds. The molecule has 5 rings (SSSR count). The van der Waals surface area contributed by atoms with Crippen molar-refractivity contribution in [3.8, 4) is 11.5 Å². The molecule has 3 aliphatic heterocycles. The Kier molecular flexibility index (Phi) is 4.69. The number of amides is 1. The largest absolute Gasteiger partial charge is 0.490 e. The van der Waals surface area contributed by atoms with Gasteiger partial charge in [-0.15, -0.1) is 0 Å². The maximum Gasteiger partial charge on any atom is 0.241 e. The lowest BCUT2D eigenvalue weighted by molar-refractivity contribution is -0.119. The summed E-state index contributed by atoms with van der Waals surface area (Å²) in [7, 11) is 0. The SMILES string of the molecule is O=C(CN1CCC[C@@H]1c1ccc2c(c1)OCCCO2)N1CCc2ccccc21. The summed E-state index contributed by atoms with van der Waals surface area (Å²) >= 11 is 0. The van der Waals surface area contributed by atoms with E-state index in [1.54, 1.807) is 0 Å². The lowest BCUT2D eigenvalue weighted by Gasteiger charge is -2.27. The average Bonchev–Trinajstić information content (AvgIpc) is 3.28. The fourth-order valence-electron chi connectivity index (χ4n) is 4.64. The molecule has 1 fully saturated rings. The molecule has 146 valence electrons. The van der Waals surface area contributed by atoms with E-state index >= 15 is 0 Å². The van der Waals surface area contributed by atoms with E-state index in [9.17, 15) is 4.79 Å². The Bertz CT molecular complexity index is 882. The number of rotatable bonds is 3. The van der Waals surface area contributed by atoms with Gasteiger partial charge >= 0.3 is 0 Å². The Morgan fingerprint density at radius 3 is 2.79 bits per heavy atom. The van der Waals surface area contributed by atoms with Gasteiger partial charge in [0.05, 0.1) is 19.8 Å². The van der Waals surface area contributed by atoms with Gasteiger partial charge in [0.15, 0.2) is 11.5 Å². The second-order valence-electron chi connectivity index (χ2n) is 7.81. The average molecular weight is 378 g/mol. The zero-order valence-electron chi connectivity index (χ0n) is 16.1. The van der Waals surface area contributed by atoms with E-state index in [0.717, 1.165) is 56.0 Å². The van der Waals surface area contributed by atoms with Gasteiger partial charge in [-0.2, -0.15) is 0 Å². The van der Waals surface area contributed by atoms with Gasteiger partial charge in [-0.25, -0.2) is 0 Å². The molecule has 2 aromatic rings. The molecule has 5 nitrogen and oxygen atoms in total. The highest BCUT2D eigenvalue weighted by Gasteiger charge is 2.32. The molecule has 3 aliphatic rings. The van der Waals surface area contributed by atoms with Crippen LogP contribution >= 0.6 is 0 Å². The summed E-state index contributed by atoms with van der Waals surface area (Å²) < 4.78 is 11.6. The van der Waals surface area contributed by atoms with Gasteiger partial charge < -0.3 is 14.4 Å². The first-order valence-electron chi connectivity index (χ1n) is 10.3. The topological polar surface area (TPSA) is 42.0 Å². The zero-order chi connectivity index (χ0) is 18.9. The van der Waals surface area contributed by atoms with Crippen LogP contribution in [0.2, 0.25) is 0 Å². The molecule has 1 saturated heterocycles. The Morgan fingerprint density at radius 1 is 1.00 bits per heavy atom. The molecule has 0 aromatic heterocycles. The number of hydrogen-bond donors (Lipinski definition) is 0. The highest BCUT2D eigenvalue weighted by molar-refractivity contribution is 5.96. The monoisotopic (exact) mass is 378 g/mol. The number of carbonyl (C=O) groups is 1. The molecular weight excluding hydrogens is 352 g/mol. The molecule has 5 heteroatoms. The fourth-order valence-corrected chi connectivity index (χ4v) is 4.64. The van der Waals surface area contributed by atoms with Crippen molar-refractivity contribution in [2.75, 3.05) is 37.7 Å². The minimum Gasteiger partial charge on any atom is -0.490 e. The highest BCUT2D eigenvalue weighted by Crippen LogP contribution is 2.38. The number of hydrogen-bond acceptors (Lipinski definition) is 4. The maximum absolute atomic E-state index is 13.1. The van der Waals surface area contributed by atoms with Crippen LogP contribution in [0.25, 0.3) is 0 Å². The summed E-state index contributed by atoms with van der Waals surface area (Å²) in [6.45, 7) is 3.61. The molecular formula is C23H26N2O3. The Hall–Kier alpha value is -2.53. The summed E-state index contributed by atoms with van der Waals surface area (Å²) in [5.74, 6) is 1.86. The Labute approximate surface area is 165 Å². The van der Waals surface area contributed by atoms with Crippen molar-refractivity contribution in [3.63, 3.8) is 0 Å². The summed E-state index contributed by atoms with van der Waals surface area (Å²) in [5, 5.41) is 0. The third-order valence-electron chi connectivity index (χ3n) is 6.05. The third kappa shape index (κ3) is 3.24. The Morgan fingerprint density at radius 2 is 1.86 bits per heavy atom. The molecule has 28 heavy (non-hydrogen) atoms. The van der Waals surface area contributed by atoms with Crippen LogP contribution in [0.15, 0.2) is 42.5 Å². The maximum atomic E-state index is 13.1. The summed E-state index contributed by atoms with van der Waals surface area (Å²) in [4.78, 5) is 17.3. The molecule has 0 N–H and O–H groups in total. The van der Waals surface area contributed by atoms with Gasteiger partial charge in [0.1, 0.15) is 0 Å². The van der Waals surface area contributed by atoms with Crippen LogP contribution in [0.4, 0.5) is 5.69 Å². The molecule has 0 bridgehead atoms. The van der Waals surface area contributed by atoms with Crippen LogP contribution in [-0.4, -0.2) is 43.7 Å². The number of carbonyl (C=O) groups excluding carboxylic acids is 1. The normalized spacial score (nSPS) is 21.4. The lowest BCUT2D eigenvalue weighted by Crippen LogP contribution is -2.39. The van der Waals surface area contributed by atoms with Gasteiger partial charge in [-0.1, -0.05) is 24.3 Å². The summed E-state index contributed by atoms with van der Waals surface area (Å²) in [6.07, 6.45) is 4.05.